The molecule has 1 saturated carbocycles. The van der Waals surface area contributed by atoms with Crippen molar-refractivity contribution in [2.24, 2.45) is 0 Å². The Morgan fingerprint density at radius 3 is 2.77 bits per heavy atom. The molecule has 0 unspecified atom stereocenters. The Balaban J connectivity index is 1.30. The molecule has 0 atom stereocenters. The summed E-state index contributed by atoms with van der Waals surface area (Å²) in [5.41, 5.74) is 3.17. The van der Waals surface area contributed by atoms with E-state index in [1.54, 1.807) is 6.20 Å². The summed E-state index contributed by atoms with van der Waals surface area (Å²) in [7, 11) is 0. The van der Waals surface area contributed by atoms with Crippen LogP contribution in [0.5, 0.6) is 0 Å². The Kier molecular flexibility index (Phi) is 8.87. The second-order valence-electron chi connectivity index (χ2n) is 8.99. The summed E-state index contributed by atoms with van der Waals surface area (Å²) in [5, 5.41) is 14.0. The fourth-order valence-corrected chi connectivity index (χ4v) is 4.31. The average molecular weight is 541 g/mol. The Bertz CT molecular complexity index is 1120. The van der Waals surface area contributed by atoms with Crippen molar-refractivity contribution in [1.82, 2.24) is 25.1 Å². The average Bonchev–Trinajstić information content (AvgIpc) is 3.61. The molecule has 1 aromatic carbocycles. The molecule has 0 aliphatic heterocycles. The van der Waals surface area contributed by atoms with Crippen molar-refractivity contribution in [2.75, 3.05) is 30.3 Å². The second-order valence-corrected chi connectivity index (χ2v) is 9.85. The zero-order valence-electron chi connectivity index (χ0n) is 20.5. The zero-order chi connectivity index (χ0) is 24.6. The third-order valence-electron chi connectivity index (χ3n) is 6.31. The number of aromatic nitrogens is 4. The molecule has 186 valence electrons. The molecule has 2 aromatic heterocycles. The highest BCUT2D eigenvalue weighted by molar-refractivity contribution is 9.10. The number of benzene rings is 1. The highest BCUT2D eigenvalue weighted by Gasteiger charge is 2.25. The summed E-state index contributed by atoms with van der Waals surface area (Å²) in [4.78, 5) is 23.7. The van der Waals surface area contributed by atoms with Gasteiger partial charge in [0.1, 0.15) is 5.78 Å². The van der Waals surface area contributed by atoms with E-state index >= 15 is 0 Å². The maximum Gasteiger partial charge on any atom is 0.229 e. The monoisotopic (exact) mass is 539 g/mol. The number of nitrogens with zero attached hydrogens (tertiary/aromatic N) is 4. The number of H-pyrrole nitrogens is 1. The van der Waals surface area contributed by atoms with Crippen molar-refractivity contribution in [3.63, 3.8) is 0 Å². The van der Waals surface area contributed by atoms with Crippen molar-refractivity contribution in [3.05, 3.63) is 52.3 Å². The number of rotatable bonds is 14. The van der Waals surface area contributed by atoms with Gasteiger partial charge < -0.3 is 15.5 Å². The van der Waals surface area contributed by atoms with Crippen LogP contribution in [0.1, 0.15) is 63.1 Å². The molecule has 0 radical (unpaired) electrons. The molecule has 0 bridgehead atoms. The second kappa shape index (κ2) is 12.3. The van der Waals surface area contributed by atoms with Crippen LogP contribution in [0.4, 0.5) is 23.3 Å². The molecule has 1 fully saturated rings. The van der Waals surface area contributed by atoms with Crippen molar-refractivity contribution >= 4 is 45.0 Å². The standard InChI is InChI=1S/C26H34BrN7O/c1-3-34(4-2)14-6-9-21(35)13-10-18-7-5-8-20(15-18)29-26-28-17-22(27)25(31-26)30-24-16-23(32-33-24)19-11-12-19/h5,7-8,15-17,19H,3-4,6,9-14H2,1-2H3,(H3,28,29,30,31,32,33). The largest absolute Gasteiger partial charge is 0.324 e. The molecule has 0 saturated heterocycles. The van der Waals surface area contributed by atoms with Gasteiger partial charge in [0.2, 0.25) is 5.95 Å². The number of aryl methyl sites for hydroxylation is 1. The van der Waals surface area contributed by atoms with Crippen LogP contribution >= 0.6 is 15.9 Å². The lowest BCUT2D eigenvalue weighted by Gasteiger charge is -2.17. The quantitative estimate of drug-likeness (QED) is 0.232. The minimum atomic E-state index is 0.325. The van der Waals surface area contributed by atoms with Crippen LogP contribution in [-0.4, -0.2) is 50.5 Å². The molecule has 2 heterocycles. The minimum Gasteiger partial charge on any atom is -0.324 e. The van der Waals surface area contributed by atoms with Gasteiger partial charge in [-0.2, -0.15) is 10.1 Å². The summed E-state index contributed by atoms with van der Waals surface area (Å²) in [6, 6.07) is 10.1. The fourth-order valence-electron chi connectivity index (χ4n) is 4.02. The number of nitrogens with one attached hydrogen (secondary N) is 3. The van der Waals surface area contributed by atoms with Gasteiger partial charge in [0, 0.05) is 42.4 Å². The number of hydrogen-bond donors (Lipinski definition) is 3. The topological polar surface area (TPSA) is 98.8 Å². The lowest BCUT2D eigenvalue weighted by molar-refractivity contribution is -0.119. The molecular weight excluding hydrogens is 506 g/mol. The van der Waals surface area contributed by atoms with Gasteiger partial charge in [0.25, 0.3) is 0 Å². The molecule has 0 spiro atoms. The van der Waals surface area contributed by atoms with Crippen molar-refractivity contribution in [3.8, 4) is 0 Å². The van der Waals surface area contributed by atoms with E-state index in [4.69, 9.17) is 0 Å². The molecular formula is C26H34BrN7O. The summed E-state index contributed by atoms with van der Waals surface area (Å²) in [6.45, 7) is 7.38. The first-order valence-electron chi connectivity index (χ1n) is 12.5. The minimum absolute atomic E-state index is 0.325. The van der Waals surface area contributed by atoms with Gasteiger partial charge in [-0.25, -0.2) is 4.98 Å². The molecule has 8 nitrogen and oxygen atoms in total. The predicted molar refractivity (Wildman–Crippen MR) is 144 cm³/mol. The maximum atomic E-state index is 12.3. The molecule has 4 rings (SSSR count). The lowest BCUT2D eigenvalue weighted by atomic mass is 10.0. The van der Waals surface area contributed by atoms with E-state index in [2.05, 4.69) is 77.6 Å². The lowest BCUT2D eigenvalue weighted by Crippen LogP contribution is -2.24. The van der Waals surface area contributed by atoms with Crippen LogP contribution in [0.25, 0.3) is 0 Å². The van der Waals surface area contributed by atoms with Gasteiger partial charge >= 0.3 is 0 Å². The van der Waals surface area contributed by atoms with E-state index in [-0.39, 0.29) is 0 Å². The zero-order valence-corrected chi connectivity index (χ0v) is 22.1. The third kappa shape index (κ3) is 7.60. The van der Waals surface area contributed by atoms with Crippen molar-refractivity contribution < 1.29 is 4.79 Å². The highest BCUT2D eigenvalue weighted by atomic mass is 79.9. The van der Waals surface area contributed by atoms with E-state index in [0.29, 0.717) is 36.3 Å². The van der Waals surface area contributed by atoms with E-state index in [0.717, 1.165) is 59.7 Å². The molecule has 9 heteroatoms. The number of hydrogen-bond acceptors (Lipinski definition) is 7. The molecule has 3 aromatic rings. The first kappa shape index (κ1) is 25.3. The Labute approximate surface area is 215 Å². The van der Waals surface area contributed by atoms with Gasteiger partial charge in [-0.3, -0.25) is 9.89 Å². The predicted octanol–water partition coefficient (Wildman–Crippen LogP) is 5.95. The van der Waals surface area contributed by atoms with Crippen molar-refractivity contribution in [2.45, 2.75) is 58.3 Å². The Morgan fingerprint density at radius 1 is 1.17 bits per heavy atom. The number of anilines is 4. The number of ketones is 1. The smallest absolute Gasteiger partial charge is 0.229 e. The first-order valence-corrected chi connectivity index (χ1v) is 13.3. The van der Waals surface area contributed by atoms with E-state index in [1.807, 2.05) is 18.2 Å². The van der Waals surface area contributed by atoms with Crippen LogP contribution < -0.4 is 10.6 Å². The number of carbonyl (C=O) groups is 1. The SMILES string of the molecule is CCN(CC)CCCC(=O)CCc1cccc(Nc2ncc(Br)c(Nc3cc(C4CC4)[nH]n3)n2)c1. The van der Waals surface area contributed by atoms with Crippen LogP contribution in [0.3, 0.4) is 0 Å². The summed E-state index contributed by atoms with van der Waals surface area (Å²) in [5.74, 6) is 2.80. The number of aromatic amines is 1. The summed E-state index contributed by atoms with van der Waals surface area (Å²) >= 11 is 3.51. The van der Waals surface area contributed by atoms with Gasteiger partial charge in [-0.05, 0) is 78.9 Å². The normalized spacial score (nSPS) is 13.3. The Hall–Kier alpha value is -2.78. The van der Waals surface area contributed by atoms with Crippen LogP contribution in [0.2, 0.25) is 0 Å². The van der Waals surface area contributed by atoms with Crippen LogP contribution in [-0.2, 0) is 11.2 Å². The van der Waals surface area contributed by atoms with Crippen LogP contribution in [0.15, 0.2) is 41.0 Å². The van der Waals surface area contributed by atoms with Crippen LogP contribution in [0, 0.1) is 0 Å². The molecule has 0 amide bonds. The molecule has 3 N–H and O–H groups in total. The van der Waals surface area contributed by atoms with Gasteiger partial charge in [-0.1, -0.05) is 26.0 Å². The third-order valence-corrected chi connectivity index (χ3v) is 6.89. The molecule has 35 heavy (non-hydrogen) atoms. The number of carbonyl (C=O) groups excluding carboxylic acids is 1. The van der Waals surface area contributed by atoms with E-state index < -0.39 is 0 Å². The van der Waals surface area contributed by atoms with Gasteiger partial charge in [0.15, 0.2) is 11.6 Å². The fraction of sp³-hybridized carbons (Fsp3) is 0.462. The first-order chi connectivity index (χ1) is 17.0. The number of Topliss-reactive ketones (excluding diaryl/α,β-unsaturated/α-hetero) is 1. The number of halogens is 1. The Morgan fingerprint density at radius 2 is 2.00 bits per heavy atom. The maximum absolute atomic E-state index is 12.3. The van der Waals surface area contributed by atoms with E-state index in [9.17, 15) is 4.79 Å². The van der Waals surface area contributed by atoms with E-state index in [1.165, 1.54) is 12.8 Å². The summed E-state index contributed by atoms with van der Waals surface area (Å²) in [6.07, 6.45) is 7.03. The van der Waals surface area contributed by atoms with Crippen molar-refractivity contribution in [1.29, 1.82) is 0 Å². The molecule has 1 aliphatic carbocycles. The van der Waals surface area contributed by atoms with Gasteiger partial charge in [-0.15, -0.1) is 0 Å². The summed E-state index contributed by atoms with van der Waals surface area (Å²) < 4.78 is 0.757. The molecule has 1 aliphatic rings. The van der Waals surface area contributed by atoms with Gasteiger partial charge in [0.05, 0.1) is 4.47 Å². The highest BCUT2D eigenvalue weighted by Crippen LogP contribution is 2.39.